The van der Waals surface area contributed by atoms with Gasteiger partial charge < -0.3 is 9.64 Å². The highest BCUT2D eigenvalue weighted by Crippen LogP contribution is 2.33. The maximum Gasteiger partial charge on any atom is 0.265 e. The van der Waals surface area contributed by atoms with E-state index in [9.17, 15) is 14.4 Å². The smallest absolute Gasteiger partial charge is 0.265 e. The van der Waals surface area contributed by atoms with E-state index in [1.165, 1.54) is 27.1 Å². The molecular formula is C21H19N3O4S. The van der Waals surface area contributed by atoms with Crippen molar-refractivity contribution in [2.45, 2.75) is 20.4 Å². The Morgan fingerprint density at radius 2 is 2.14 bits per heavy atom. The van der Waals surface area contributed by atoms with Crippen LogP contribution in [0.2, 0.25) is 0 Å². The van der Waals surface area contributed by atoms with Gasteiger partial charge in [0, 0.05) is 17.0 Å². The molecule has 0 spiro atoms. The van der Waals surface area contributed by atoms with Crippen molar-refractivity contribution in [2.75, 3.05) is 18.1 Å². The SMILES string of the molecule is C=CCN1C(=O)COc2ccc(C(=O)Cn3cnc4sc(C)c(C)c4c3=O)cc21. The molecule has 0 saturated carbocycles. The lowest BCUT2D eigenvalue weighted by molar-refractivity contribution is -0.121. The van der Waals surface area contributed by atoms with Crippen LogP contribution >= 0.6 is 11.3 Å². The molecule has 1 aliphatic heterocycles. The van der Waals surface area contributed by atoms with Crippen LogP contribution in [0.25, 0.3) is 10.2 Å². The monoisotopic (exact) mass is 409 g/mol. The molecule has 0 fully saturated rings. The highest BCUT2D eigenvalue weighted by Gasteiger charge is 2.26. The first kappa shape index (κ1) is 19.1. The molecule has 4 rings (SSSR count). The summed E-state index contributed by atoms with van der Waals surface area (Å²) in [6, 6.07) is 4.93. The second kappa shape index (κ2) is 7.29. The summed E-state index contributed by atoms with van der Waals surface area (Å²) >= 11 is 1.47. The Hall–Kier alpha value is -3.26. The molecule has 0 unspecified atom stereocenters. The van der Waals surface area contributed by atoms with E-state index in [1.807, 2.05) is 13.8 Å². The van der Waals surface area contributed by atoms with Crippen LogP contribution in [-0.2, 0) is 11.3 Å². The molecule has 0 aliphatic carbocycles. The number of hydrogen-bond donors (Lipinski definition) is 0. The molecule has 2 aromatic heterocycles. The third-order valence-corrected chi connectivity index (χ3v) is 6.12. The summed E-state index contributed by atoms with van der Waals surface area (Å²) in [5.74, 6) is 0.0843. The van der Waals surface area contributed by atoms with E-state index in [1.54, 1.807) is 24.3 Å². The van der Waals surface area contributed by atoms with Crippen molar-refractivity contribution in [2.24, 2.45) is 0 Å². The average molecular weight is 409 g/mol. The molecule has 1 aromatic carbocycles. The highest BCUT2D eigenvalue weighted by atomic mass is 32.1. The topological polar surface area (TPSA) is 81.5 Å². The Morgan fingerprint density at radius 3 is 2.90 bits per heavy atom. The number of benzene rings is 1. The molecule has 1 aliphatic rings. The predicted molar refractivity (Wildman–Crippen MR) is 112 cm³/mol. The largest absolute Gasteiger partial charge is 0.482 e. The number of carbonyl (C=O) groups is 2. The fourth-order valence-corrected chi connectivity index (χ4v) is 4.32. The number of hydrogen-bond acceptors (Lipinski definition) is 6. The van der Waals surface area contributed by atoms with Gasteiger partial charge in [0.05, 0.1) is 23.9 Å². The second-order valence-corrected chi connectivity index (χ2v) is 8.03. The lowest BCUT2D eigenvalue weighted by atomic mass is 10.1. The number of ether oxygens (including phenoxy) is 1. The van der Waals surface area contributed by atoms with Gasteiger partial charge in [-0.05, 0) is 37.6 Å². The van der Waals surface area contributed by atoms with Gasteiger partial charge in [-0.3, -0.25) is 19.0 Å². The van der Waals surface area contributed by atoms with Crippen molar-refractivity contribution >= 4 is 38.9 Å². The van der Waals surface area contributed by atoms with E-state index >= 15 is 0 Å². The molecule has 0 radical (unpaired) electrons. The second-order valence-electron chi connectivity index (χ2n) is 6.83. The van der Waals surface area contributed by atoms with Crippen LogP contribution in [-0.4, -0.2) is 34.4 Å². The van der Waals surface area contributed by atoms with Crippen LogP contribution < -0.4 is 15.2 Å². The van der Waals surface area contributed by atoms with Crippen LogP contribution in [0, 0.1) is 13.8 Å². The van der Waals surface area contributed by atoms with Gasteiger partial charge in [0.15, 0.2) is 12.4 Å². The zero-order valence-corrected chi connectivity index (χ0v) is 16.9. The molecule has 3 heterocycles. The van der Waals surface area contributed by atoms with Gasteiger partial charge in [0.25, 0.3) is 11.5 Å². The number of thiophene rings is 1. The molecule has 0 bridgehead atoms. The van der Waals surface area contributed by atoms with E-state index in [4.69, 9.17) is 4.74 Å². The lowest BCUT2D eigenvalue weighted by Crippen LogP contribution is -2.39. The number of fused-ring (bicyclic) bond motifs is 2. The molecular weight excluding hydrogens is 390 g/mol. The number of aryl methyl sites for hydroxylation is 2. The summed E-state index contributed by atoms with van der Waals surface area (Å²) in [5.41, 5.74) is 1.59. The number of carbonyl (C=O) groups excluding carboxylic acids is 2. The van der Waals surface area contributed by atoms with Crippen LogP contribution in [0.1, 0.15) is 20.8 Å². The Labute approximate surface area is 170 Å². The van der Waals surface area contributed by atoms with Gasteiger partial charge >= 0.3 is 0 Å². The molecule has 0 N–H and O–H groups in total. The summed E-state index contributed by atoms with van der Waals surface area (Å²) in [7, 11) is 0. The zero-order chi connectivity index (χ0) is 20.7. The van der Waals surface area contributed by atoms with Gasteiger partial charge in [-0.1, -0.05) is 6.08 Å². The van der Waals surface area contributed by atoms with E-state index in [2.05, 4.69) is 11.6 Å². The molecule has 148 valence electrons. The van der Waals surface area contributed by atoms with E-state index in [0.717, 1.165) is 10.4 Å². The number of Topliss-reactive ketones (excluding diaryl/α,β-unsaturated/α-hetero) is 1. The number of ketones is 1. The normalized spacial score (nSPS) is 13.3. The molecule has 7 nitrogen and oxygen atoms in total. The molecule has 29 heavy (non-hydrogen) atoms. The summed E-state index contributed by atoms with van der Waals surface area (Å²) in [6.45, 7) is 7.65. The quantitative estimate of drug-likeness (QED) is 0.478. The van der Waals surface area contributed by atoms with Crippen LogP contribution in [0.5, 0.6) is 5.75 Å². The molecule has 0 saturated heterocycles. The maximum absolute atomic E-state index is 12.9. The van der Waals surface area contributed by atoms with E-state index in [0.29, 0.717) is 33.8 Å². The van der Waals surface area contributed by atoms with Crippen molar-refractivity contribution in [3.63, 3.8) is 0 Å². The minimum atomic E-state index is -0.253. The summed E-state index contributed by atoms with van der Waals surface area (Å²) in [6.07, 6.45) is 3.03. The molecule has 0 atom stereocenters. The lowest BCUT2D eigenvalue weighted by Gasteiger charge is -2.28. The zero-order valence-electron chi connectivity index (χ0n) is 16.1. The molecule has 3 aromatic rings. The van der Waals surface area contributed by atoms with Gasteiger partial charge in [-0.2, -0.15) is 0 Å². The molecule has 8 heteroatoms. The first-order chi connectivity index (χ1) is 13.9. The van der Waals surface area contributed by atoms with E-state index in [-0.39, 0.29) is 30.4 Å². The Kier molecular flexibility index (Phi) is 4.79. The predicted octanol–water partition coefficient (Wildman–Crippen LogP) is 2.87. The minimum Gasteiger partial charge on any atom is -0.482 e. The Bertz CT molecular complexity index is 1220. The number of nitrogens with zero attached hydrogens (tertiary/aromatic N) is 3. The first-order valence-corrected chi connectivity index (χ1v) is 9.88. The summed E-state index contributed by atoms with van der Waals surface area (Å²) in [5, 5.41) is 0.560. The third-order valence-electron chi connectivity index (χ3n) is 5.01. The number of amides is 1. The van der Waals surface area contributed by atoms with Gasteiger partial charge in [0.2, 0.25) is 0 Å². The van der Waals surface area contributed by atoms with Crippen LogP contribution in [0.3, 0.4) is 0 Å². The van der Waals surface area contributed by atoms with Crippen molar-refractivity contribution in [1.29, 1.82) is 0 Å². The maximum atomic E-state index is 12.9. The van der Waals surface area contributed by atoms with Gasteiger partial charge in [-0.15, -0.1) is 17.9 Å². The van der Waals surface area contributed by atoms with Gasteiger partial charge in [0.1, 0.15) is 10.6 Å². The number of aromatic nitrogens is 2. The van der Waals surface area contributed by atoms with Crippen LogP contribution in [0.4, 0.5) is 5.69 Å². The minimum absolute atomic E-state index is 0.0470. The number of anilines is 1. The fourth-order valence-electron chi connectivity index (χ4n) is 3.33. The summed E-state index contributed by atoms with van der Waals surface area (Å²) in [4.78, 5) is 45.4. The standard InChI is InChI=1S/C21H19N3O4S/c1-4-7-24-15-8-14(5-6-17(15)28-10-18(24)26)16(25)9-23-11-22-20-19(21(23)27)12(2)13(3)29-20/h4-6,8,11H,1,7,9-10H2,2-3H3. The molecule has 1 amide bonds. The van der Waals surface area contributed by atoms with Crippen molar-refractivity contribution in [3.8, 4) is 5.75 Å². The van der Waals surface area contributed by atoms with E-state index < -0.39 is 0 Å². The van der Waals surface area contributed by atoms with Crippen LogP contribution in [0.15, 0.2) is 42.0 Å². The van der Waals surface area contributed by atoms with Gasteiger partial charge in [-0.25, -0.2) is 4.98 Å². The Balaban J connectivity index is 1.68. The highest BCUT2D eigenvalue weighted by molar-refractivity contribution is 7.18. The average Bonchev–Trinajstić information content (AvgIpc) is 3.00. The fraction of sp³-hybridized carbons (Fsp3) is 0.238. The summed E-state index contributed by atoms with van der Waals surface area (Å²) < 4.78 is 6.77. The Morgan fingerprint density at radius 1 is 1.34 bits per heavy atom. The van der Waals surface area contributed by atoms with Crippen molar-refractivity contribution in [1.82, 2.24) is 9.55 Å². The third kappa shape index (κ3) is 3.25. The number of rotatable bonds is 5. The van der Waals surface area contributed by atoms with Crippen molar-refractivity contribution in [3.05, 3.63) is 63.5 Å². The van der Waals surface area contributed by atoms with Crippen molar-refractivity contribution < 1.29 is 14.3 Å². The first-order valence-electron chi connectivity index (χ1n) is 9.07.